The summed E-state index contributed by atoms with van der Waals surface area (Å²) in [6.45, 7) is 2.04. The molecule has 1 aromatic carbocycles. The van der Waals surface area contributed by atoms with E-state index >= 15 is 0 Å². The number of fused-ring (bicyclic) bond motifs is 1. The summed E-state index contributed by atoms with van der Waals surface area (Å²) in [6.07, 6.45) is 4.79. The van der Waals surface area contributed by atoms with Crippen LogP contribution >= 0.6 is 0 Å². The highest BCUT2D eigenvalue weighted by atomic mass is 16.7. The van der Waals surface area contributed by atoms with Gasteiger partial charge >= 0.3 is 0 Å². The molecule has 4 heteroatoms. The van der Waals surface area contributed by atoms with Crippen molar-refractivity contribution in [3.8, 4) is 11.5 Å². The normalized spacial score (nSPS) is 18.1. The Bertz CT molecular complexity index is 457. The number of nitrogens with one attached hydrogen (secondary N) is 1. The van der Waals surface area contributed by atoms with Gasteiger partial charge in [-0.15, -0.1) is 0 Å². The highest BCUT2D eigenvalue weighted by Crippen LogP contribution is 2.35. The molecule has 2 heterocycles. The Morgan fingerprint density at radius 2 is 2.17 bits per heavy atom. The number of benzene rings is 1. The molecule has 0 amide bonds. The standard InChI is InChI=1S/C14H18N2O2/c1-2-7-13(15-8-3-1)16-9-11-5-4-6-12-14(11)18-10-17-12/h4-6H,1-3,7-10H2,(H,15,16). The van der Waals surface area contributed by atoms with E-state index in [4.69, 9.17) is 9.47 Å². The van der Waals surface area contributed by atoms with E-state index in [2.05, 4.69) is 16.4 Å². The number of nitrogens with zero attached hydrogens (tertiary/aromatic N) is 1. The number of hydrogen-bond acceptors (Lipinski definition) is 4. The summed E-state index contributed by atoms with van der Waals surface area (Å²) < 4.78 is 10.9. The van der Waals surface area contributed by atoms with Crippen LogP contribution in [-0.4, -0.2) is 19.2 Å². The molecular weight excluding hydrogens is 228 g/mol. The Morgan fingerprint density at radius 1 is 1.17 bits per heavy atom. The van der Waals surface area contributed by atoms with Crippen molar-refractivity contribution in [1.82, 2.24) is 5.32 Å². The van der Waals surface area contributed by atoms with Gasteiger partial charge in [-0.2, -0.15) is 0 Å². The van der Waals surface area contributed by atoms with Crippen LogP contribution in [-0.2, 0) is 6.54 Å². The van der Waals surface area contributed by atoms with Crippen LogP contribution in [0.25, 0.3) is 0 Å². The molecule has 96 valence electrons. The molecule has 0 saturated carbocycles. The first-order valence-corrected chi connectivity index (χ1v) is 6.58. The van der Waals surface area contributed by atoms with E-state index in [0.29, 0.717) is 6.79 Å². The molecule has 3 rings (SSSR count). The number of aliphatic imine (C=N–C) groups is 1. The Kier molecular flexibility index (Phi) is 3.35. The first kappa shape index (κ1) is 11.4. The van der Waals surface area contributed by atoms with Crippen LogP contribution in [0.1, 0.15) is 31.2 Å². The van der Waals surface area contributed by atoms with E-state index in [1.807, 2.05) is 12.1 Å². The maximum absolute atomic E-state index is 5.49. The minimum atomic E-state index is 0.327. The monoisotopic (exact) mass is 246 g/mol. The predicted molar refractivity (Wildman–Crippen MR) is 70.2 cm³/mol. The van der Waals surface area contributed by atoms with Crippen LogP contribution < -0.4 is 14.8 Å². The summed E-state index contributed by atoms with van der Waals surface area (Å²) in [5.74, 6) is 2.85. The van der Waals surface area contributed by atoms with E-state index in [1.165, 1.54) is 19.3 Å². The van der Waals surface area contributed by atoms with Gasteiger partial charge in [0.05, 0.1) is 5.84 Å². The maximum atomic E-state index is 5.49. The Balaban J connectivity index is 1.66. The first-order chi connectivity index (χ1) is 8.93. The molecule has 18 heavy (non-hydrogen) atoms. The second kappa shape index (κ2) is 5.29. The fraction of sp³-hybridized carbons (Fsp3) is 0.500. The summed E-state index contributed by atoms with van der Waals surface area (Å²) in [7, 11) is 0. The zero-order valence-electron chi connectivity index (χ0n) is 10.4. The van der Waals surface area contributed by atoms with Crippen molar-refractivity contribution in [1.29, 1.82) is 0 Å². The molecule has 0 bridgehead atoms. The molecular formula is C14H18N2O2. The third-order valence-corrected chi connectivity index (χ3v) is 3.34. The Hall–Kier alpha value is -1.71. The Morgan fingerprint density at radius 3 is 3.17 bits per heavy atom. The lowest BCUT2D eigenvalue weighted by molar-refractivity contribution is 0.173. The van der Waals surface area contributed by atoms with Crippen molar-refractivity contribution < 1.29 is 9.47 Å². The lowest BCUT2D eigenvalue weighted by Gasteiger charge is -2.10. The molecule has 1 N–H and O–H groups in total. The van der Waals surface area contributed by atoms with Crippen molar-refractivity contribution in [2.45, 2.75) is 32.2 Å². The third-order valence-electron chi connectivity index (χ3n) is 3.34. The van der Waals surface area contributed by atoms with Gasteiger partial charge in [-0.3, -0.25) is 4.99 Å². The predicted octanol–water partition coefficient (Wildman–Crippen LogP) is 2.48. The summed E-state index contributed by atoms with van der Waals surface area (Å²) in [6, 6.07) is 6.01. The minimum absolute atomic E-state index is 0.327. The summed E-state index contributed by atoms with van der Waals surface area (Å²) in [4.78, 5) is 4.57. The molecule has 0 fully saturated rings. The number of para-hydroxylation sites is 1. The van der Waals surface area contributed by atoms with E-state index in [9.17, 15) is 0 Å². The average Bonchev–Trinajstić information content (AvgIpc) is 2.73. The van der Waals surface area contributed by atoms with Crippen LogP contribution in [0.2, 0.25) is 0 Å². The SMILES string of the molecule is c1cc(CNC2=NCCCCC2)c2c(c1)OCO2. The number of rotatable bonds is 2. The topological polar surface area (TPSA) is 42.9 Å². The summed E-state index contributed by atoms with van der Waals surface area (Å²) in [5, 5.41) is 3.42. The molecule has 2 aliphatic heterocycles. The van der Waals surface area contributed by atoms with Crippen molar-refractivity contribution in [3.63, 3.8) is 0 Å². The lowest BCUT2D eigenvalue weighted by atomic mass is 10.1. The highest BCUT2D eigenvalue weighted by Gasteiger charge is 2.17. The summed E-state index contributed by atoms with van der Waals surface area (Å²) in [5.41, 5.74) is 1.14. The smallest absolute Gasteiger partial charge is 0.231 e. The maximum Gasteiger partial charge on any atom is 0.231 e. The molecule has 0 spiro atoms. The molecule has 2 aliphatic rings. The van der Waals surface area contributed by atoms with Gasteiger partial charge < -0.3 is 14.8 Å². The Labute approximate surface area is 107 Å². The zero-order valence-corrected chi connectivity index (χ0v) is 10.4. The van der Waals surface area contributed by atoms with Crippen molar-refractivity contribution in [2.75, 3.05) is 13.3 Å². The van der Waals surface area contributed by atoms with E-state index in [0.717, 1.165) is 42.4 Å². The lowest BCUT2D eigenvalue weighted by Crippen LogP contribution is -2.22. The fourth-order valence-electron chi connectivity index (χ4n) is 2.35. The van der Waals surface area contributed by atoms with Crippen LogP contribution in [0.3, 0.4) is 0 Å². The first-order valence-electron chi connectivity index (χ1n) is 6.58. The molecule has 0 saturated heterocycles. The number of hydrogen-bond donors (Lipinski definition) is 1. The van der Waals surface area contributed by atoms with Gasteiger partial charge in [0.25, 0.3) is 0 Å². The largest absolute Gasteiger partial charge is 0.454 e. The molecule has 0 radical (unpaired) electrons. The van der Waals surface area contributed by atoms with Crippen LogP contribution in [0.15, 0.2) is 23.2 Å². The molecule has 0 atom stereocenters. The van der Waals surface area contributed by atoms with Crippen molar-refractivity contribution in [3.05, 3.63) is 23.8 Å². The quantitative estimate of drug-likeness (QED) is 0.871. The van der Waals surface area contributed by atoms with Gasteiger partial charge in [-0.05, 0) is 18.9 Å². The highest BCUT2D eigenvalue weighted by molar-refractivity contribution is 5.82. The molecule has 0 aromatic heterocycles. The van der Waals surface area contributed by atoms with Gasteiger partial charge in [0.1, 0.15) is 0 Å². The molecule has 4 nitrogen and oxygen atoms in total. The number of amidine groups is 1. The summed E-state index contributed by atoms with van der Waals surface area (Å²) >= 11 is 0. The third kappa shape index (κ3) is 2.42. The van der Waals surface area contributed by atoms with Crippen LogP contribution in [0.5, 0.6) is 11.5 Å². The average molecular weight is 246 g/mol. The van der Waals surface area contributed by atoms with Crippen molar-refractivity contribution >= 4 is 5.84 Å². The van der Waals surface area contributed by atoms with Gasteiger partial charge in [0.2, 0.25) is 6.79 Å². The molecule has 0 aliphatic carbocycles. The van der Waals surface area contributed by atoms with E-state index in [1.54, 1.807) is 0 Å². The van der Waals surface area contributed by atoms with E-state index < -0.39 is 0 Å². The van der Waals surface area contributed by atoms with Gasteiger partial charge in [0.15, 0.2) is 11.5 Å². The van der Waals surface area contributed by atoms with Crippen molar-refractivity contribution in [2.24, 2.45) is 4.99 Å². The molecule has 1 aromatic rings. The second-order valence-electron chi connectivity index (χ2n) is 4.64. The fourth-order valence-corrected chi connectivity index (χ4v) is 2.35. The zero-order chi connectivity index (χ0) is 12.2. The van der Waals surface area contributed by atoms with Crippen LogP contribution in [0, 0.1) is 0 Å². The second-order valence-corrected chi connectivity index (χ2v) is 4.64. The van der Waals surface area contributed by atoms with Gasteiger partial charge in [-0.1, -0.05) is 18.6 Å². The number of ether oxygens (including phenoxy) is 2. The molecule has 0 unspecified atom stereocenters. The van der Waals surface area contributed by atoms with Gasteiger partial charge in [-0.25, -0.2) is 0 Å². The van der Waals surface area contributed by atoms with E-state index in [-0.39, 0.29) is 0 Å². The van der Waals surface area contributed by atoms with Crippen LogP contribution in [0.4, 0.5) is 0 Å². The minimum Gasteiger partial charge on any atom is -0.454 e. The van der Waals surface area contributed by atoms with Gasteiger partial charge in [0, 0.05) is 25.1 Å².